The number of benzene rings is 2. The number of hydrogen-bond acceptors (Lipinski definition) is 11. The van der Waals surface area contributed by atoms with E-state index in [1.165, 1.54) is 18.0 Å². The van der Waals surface area contributed by atoms with Gasteiger partial charge in [0.05, 0.1) is 27.2 Å². The lowest BCUT2D eigenvalue weighted by Gasteiger charge is -2.05. The van der Waals surface area contributed by atoms with Crippen molar-refractivity contribution in [1.82, 2.24) is 20.6 Å². The summed E-state index contributed by atoms with van der Waals surface area (Å²) in [5.41, 5.74) is 3.39. The van der Waals surface area contributed by atoms with Crippen molar-refractivity contribution >= 4 is 80.4 Å². The molecule has 3 aromatic heterocycles. The average Bonchev–Trinajstić information content (AvgIpc) is 3.62. The van der Waals surface area contributed by atoms with Crippen LogP contribution in [0.15, 0.2) is 83.2 Å². The van der Waals surface area contributed by atoms with E-state index in [-0.39, 0.29) is 29.4 Å². The molecule has 14 heteroatoms. The number of nitrogens with one attached hydrogen (secondary N) is 1. The molecule has 0 saturated heterocycles. The van der Waals surface area contributed by atoms with Crippen molar-refractivity contribution in [1.29, 1.82) is 0 Å². The molecular weight excluding hydrogens is 577 g/mol. The fraction of sp³-hybridized carbons (Fsp3) is 0.0870. The maximum Gasteiger partial charge on any atom is 0.277 e. The first-order valence-corrected chi connectivity index (χ1v) is 13.9. The summed E-state index contributed by atoms with van der Waals surface area (Å²) in [5, 5.41) is 13.5. The monoisotopic (exact) mass is 591 g/mol. The number of thiazole rings is 1. The third-order valence-corrected chi connectivity index (χ3v) is 7.83. The van der Waals surface area contributed by atoms with Gasteiger partial charge >= 0.3 is 0 Å². The number of hydrazone groups is 1. The molecule has 5 rings (SSSR count). The summed E-state index contributed by atoms with van der Waals surface area (Å²) in [7, 11) is 0. The highest BCUT2D eigenvalue weighted by atomic mass is 35.5. The molecule has 0 spiro atoms. The van der Waals surface area contributed by atoms with Crippen molar-refractivity contribution in [3.8, 4) is 5.75 Å². The number of amides is 1. The van der Waals surface area contributed by atoms with Gasteiger partial charge in [0, 0.05) is 5.02 Å². The quantitative estimate of drug-likeness (QED) is 0.109. The zero-order chi connectivity index (χ0) is 25.6. The number of furan rings is 1. The highest BCUT2D eigenvalue weighted by Gasteiger charge is 2.12. The molecule has 0 atom stereocenters. The standard InChI is InChI=1S/C23H15Cl2N5O4S3/c24-13-5-7-17(15(25)9-13)32-11-20-29-30-22(34-20)35-12-19(31)28-26-10-14-6-8-21(33-14)37-23-27-16-3-1-2-4-18(16)36-23/h1-10H,11-12H2,(H,28,31)/b26-10-. The van der Waals surface area contributed by atoms with Crippen LogP contribution in [0.1, 0.15) is 11.7 Å². The first-order chi connectivity index (χ1) is 18.0. The van der Waals surface area contributed by atoms with Gasteiger partial charge in [-0.05, 0) is 54.2 Å². The van der Waals surface area contributed by atoms with Gasteiger partial charge in [-0.3, -0.25) is 4.79 Å². The zero-order valence-electron chi connectivity index (χ0n) is 18.6. The minimum atomic E-state index is -0.346. The first-order valence-electron chi connectivity index (χ1n) is 10.5. The van der Waals surface area contributed by atoms with Crippen molar-refractivity contribution in [3.63, 3.8) is 0 Å². The predicted octanol–water partition coefficient (Wildman–Crippen LogP) is 6.55. The Hall–Kier alpha value is -3.03. The number of carbonyl (C=O) groups excluding carboxylic acids is 1. The average molecular weight is 593 g/mol. The first kappa shape index (κ1) is 25.6. The number of para-hydroxylation sites is 1. The number of hydrogen-bond donors (Lipinski definition) is 1. The molecule has 0 fully saturated rings. The van der Waals surface area contributed by atoms with E-state index in [0.717, 1.165) is 26.3 Å². The van der Waals surface area contributed by atoms with Gasteiger partial charge in [-0.15, -0.1) is 21.5 Å². The number of halogens is 2. The maximum atomic E-state index is 12.1. The third-order valence-electron chi connectivity index (χ3n) is 4.47. The Bertz CT molecular complexity index is 1540. The smallest absolute Gasteiger partial charge is 0.277 e. The summed E-state index contributed by atoms with van der Waals surface area (Å²) in [4.78, 5) is 16.7. The minimum absolute atomic E-state index is 0.0216. The number of ether oxygens (including phenoxy) is 1. The Morgan fingerprint density at radius 3 is 2.89 bits per heavy atom. The molecule has 5 aromatic rings. The van der Waals surface area contributed by atoms with Gasteiger partial charge in [-0.25, -0.2) is 10.4 Å². The SMILES string of the molecule is O=C(CSc1nnc(COc2ccc(Cl)cc2Cl)o1)N/N=C\c1ccc(Sc2nc3ccccc3s2)o1. The van der Waals surface area contributed by atoms with E-state index >= 15 is 0 Å². The van der Waals surface area contributed by atoms with E-state index in [1.54, 1.807) is 35.6 Å². The van der Waals surface area contributed by atoms with Crippen LogP contribution in [-0.2, 0) is 11.4 Å². The van der Waals surface area contributed by atoms with E-state index in [2.05, 4.69) is 25.7 Å². The van der Waals surface area contributed by atoms with Crippen molar-refractivity contribution in [2.45, 2.75) is 21.3 Å². The number of nitrogens with zero attached hydrogens (tertiary/aromatic N) is 4. The lowest BCUT2D eigenvalue weighted by atomic mass is 10.3. The van der Waals surface area contributed by atoms with Gasteiger partial charge in [0.2, 0.25) is 0 Å². The summed E-state index contributed by atoms with van der Waals surface area (Å²) in [6.45, 7) is 0.0216. The Kier molecular flexibility index (Phi) is 8.31. The number of fused-ring (bicyclic) bond motifs is 1. The molecule has 1 N–H and O–H groups in total. The van der Waals surface area contributed by atoms with Crippen LogP contribution in [0.4, 0.5) is 0 Å². The molecule has 37 heavy (non-hydrogen) atoms. The van der Waals surface area contributed by atoms with Crippen molar-refractivity contribution < 1.29 is 18.4 Å². The second kappa shape index (κ2) is 12.0. The van der Waals surface area contributed by atoms with Gasteiger partial charge < -0.3 is 13.6 Å². The summed E-state index contributed by atoms with van der Waals surface area (Å²) in [6, 6.07) is 16.4. The summed E-state index contributed by atoms with van der Waals surface area (Å²) in [5.74, 6) is 0.860. The lowest BCUT2D eigenvalue weighted by Crippen LogP contribution is -2.19. The Morgan fingerprint density at radius 1 is 1.14 bits per heavy atom. The van der Waals surface area contributed by atoms with Crippen molar-refractivity contribution in [2.24, 2.45) is 5.10 Å². The highest BCUT2D eigenvalue weighted by molar-refractivity contribution is 8.01. The van der Waals surface area contributed by atoms with E-state index in [1.807, 2.05) is 30.3 Å². The predicted molar refractivity (Wildman–Crippen MR) is 144 cm³/mol. The molecule has 0 saturated carbocycles. The second-order valence-electron chi connectivity index (χ2n) is 7.11. The van der Waals surface area contributed by atoms with Gasteiger partial charge in [0.15, 0.2) is 16.0 Å². The van der Waals surface area contributed by atoms with Crippen LogP contribution < -0.4 is 10.2 Å². The van der Waals surface area contributed by atoms with Crippen LogP contribution in [-0.4, -0.2) is 33.1 Å². The van der Waals surface area contributed by atoms with Gasteiger partial charge in [-0.1, -0.05) is 47.1 Å². The minimum Gasteiger partial charge on any atom is -0.482 e. The lowest BCUT2D eigenvalue weighted by molar-refractivity contribution is -0.118. The van der Waals surface area contributed by atoms with Crippen LogP contribution in [0.3, 0.4) is 0 Å². The molecule has 3 heterocycles. The molecule has 0 aliphatic carbocycles. The van der Waals surface area contributed by atoms with Crippen LogP contribution >= 0.6 is 58.1 Å². The molecule has 0 aliphatic heterocycles. The summed E-state index contributed by atoms with van der Waals surface area (Å²) >= 11 is 16.0. The van der Waals surface area contributed by atoms with Gasteiger partial charge in [0.25, 0.3) is 17.0 Å². The van der Waals surface area contributed by atoms with E-state index < -0.39 is 0 Å². The molecule has 188 valence electrons. The Morgan fingerprint density at radius 2 is 2.03 bits per heavy atom. The molecule has 1 amide bonds. The van der Waals surface area contributed by atoms with Crippen LogP contribution in [0, 0.1) is 0 Å². The normalized spacial score (nSPS) is 11.4. The number of rotatable bonds is 10. The molecule has 2 aromatic carbocycles. The number of carbonyl (C=O) groups is 1. The molecule has 0 aliphatic rings. The summed E-state index contributed by atoms with van der Waals surface area (Å²) in [6.07, 6.45) is 1.43. The topological polar surface area (TPSA) is 116 Å². The molecule has 0 bridgehead atoms. The molecule has 9 nitrogen and oxygen atoms in total. The van der Waals surface area contributed by atoms with E-state index in [4.69, 9.17) is 36.8 Å². The third kappa shape index (κ3) is 7.05. The second-order valence-corrected chi connectivity index (χ2v) is 11.2. The number of aromatic nitrogens is 3. The highest BCUT2D eigenvalue weighted by Crippen LogP contribution is 2.35. The Labute approximate surface area is 232 Å². The van der Waals surface area contributed by atoms with Crippen molar-refractivity contribution in [2.75, 3.05) is 5.75 Å². The fourth-order valence-corrected chi connectivity index (χ4v) is 5.86. The molecule has 0 radical (unpaired) electrons. The fourth-order valence-electron chi connectivity index (χ4n) is 2.85. The van der Waals surface area contributed by atoms with Gasteiger partial charge in [0.1, 0.15) is 11.5 Å². The Balaban J connectivity index is 1.05. The largest absolute Gasteiger partial charge is 0.482 e. The van der Waals surface area contributed by atoms with E-state index in [0.29, 0.717) is 26.6 Å². The molecular formula is C23H15Cl2N5O4S3. The van der Waals surface area contributed by atoms with Crippen LogP contribution in [0.5, 0.6) is 5.75 Å². The van der Waals surface area contributed by atoms with E-state index in [9.17, 15) is 4.79 Å². The number of thioether (sulfide) groups is 1. The molecule has 0 unspecified atom stereocenters. The zero-order valence-corrected chi connectivity index (χ0v) is 22.6. The van der Waals surface area contributed by atoms with Gasteiger partial charge in [-0.2, -0.15) is 5.10 Å². The van der Waals surface area contributed by atoms with Crippen LogP contribution in [0.2, 0.25) is 10.0 Å². The van der Waals surface area contributed by atoms with Crippen LogP contribution in [0.25, 0.3) is 10.2 Å². The summed E-state index contributed by atoms with van der Waals surface area (Å²) < 4.78 is 18.8. The maximum absolute atomic E-state index is 12.1. The van der Waals surface area contributed by atoms with Crippen molar-refractivity contribution in [3.05, 3.63) is 76.3 Å².